The number of rotatable bonds is 9. The van der Waals surface area contributed by atoms with Gasteiger partial charge in [-0.2, -0.15) is 9.61 Å². The fourth-order valence-corrected chi connectivity index (χ4v) is 4.50. The van der Waals surface area contributed by atoms with Crippen LogP contribution >= 0.6 is 0 Å². The van der Waals surface area contributed by atoms with Gasteiger partial charge in [0.2, 0.25) is 0 Å². The Balaban J connectivity index is 1.18. The topological polar surface area (TPSA) is 110 Å². The molecule has 0 saturated heterocycles. The monoisotopic (exact) mass is 540 g/mol. The molecule has 0 bridgehead atoms. The first-order valence-corrected chi connectivity index (χ1v) is 13.1. The number of nitrogens with two attached hydrogens (primary N) is 1. The maximum Gasteiger partial charge on any atom is 0.181 e. The van der Waals surface area contributed by atoms with Crippen LogP contribution in [-0.2, 0) is 6.54 Å². The van der Waals surface area contributed by atoms with E-state index >= 15 is 0 Å². The normalized spacial score (nSPS) is 10.8. The minimum absolute atomic E-state index is 0.143. The molecule has 0 unspecified atom stereocenters. The maximum absolute atomic E-state index is 10.4. The Morgan fingerprint density at radius 2 is 1.66 bits per heavy atom. The molecule has 202 valence electrons. The molecule has 0 fully saturated rings. The third-order valence-corrected chi connectivity index (χ3v) is 6.54. The molecule has 0 aliphatic rings. The van der Waals surface area contributed by atoms with Crippen LogP contribution in [0.4, 0.5) is 17.2 Å². The van der Waals surface area contributed by atoms with E-state index in [1.54, 1.807) is 22.8 Å². The third kappa shape index (κ3) is 5.67. The highest BCUT2D eigenvalue weighted by molar-refractivity contribution is 5.77. The van der Waals surface area contributed by atoms with Crippen LogP contribution in [0.2, 0.25) is 0 Å². The summed E-state index contributed by atoms with van der Waals surface area (Å²) in [6.07, 6.45) is 1.57. The quantitative estimate of drug-likeness (QED) is 0.154. The average molecular weight is 541 g/mol. The summed E-state index contributed by atoms with van der Waals surface area (Å²) in [7, 11) is 0. The van der Waals surface area contributed by atoms with Crippen LogP contribution in [0.3, 0.4) is 0 Å². The van der Waals surface area contributed by atoms with Gasteiger partial charge in [-0.25, -0.2) is 4.98 Å². The van der Waals surface area contributed by atoms with E-state index in [-0.39, 0.29) is 5.75 Å². The van der Waals surface area contributed by atoms with Crippen molar-refractivity contribution in [3.05, 3.63) is 133 Å². The molecule has 4 aromatic carbocycles. The van der Waals surface area contributed by atoms with Crippen molar-refractivity contribution < 1.29 is 9.84 Å². The standard InChI is InChI=1S/C33H28N6O2/c1-22(24-10-8-14-27(18-24)41-26-12-3-2-4-13-26)37-25-11-7-9-23(17-25)20-35-32-19-30(28-15-5-6-16-31(28)40)38-33-29(34)21-36-39(32)33/h2-19,21,35,37,40H,1,20,34H2. The van der Waals surface area contributed by atoms with Crippen molar-refractivity contribution in [1.29, 1.82) is 0 Å². The summed E-state index contributed by atoms with van der Waals surface area (Å²) >= 11 is 0. The number of ether oxygens (including phenoxy) is 1. The number of nitrogens with one attached hydrogen (secondary N) is 2. The number of nitrogen functional groups attached to an aromatic ring is 1. The van der Waals surface area contributed by atoms with Crippen LogP contribution in [-0.4, -0.2) is 19.7 Å². The number of hydrogen-bond donors (Lipinski definition) is 4. The zero-order valence-electron chi connectivity index (χ0n) is 22.2. The van der Waals surface area contributed by atoms with Crippen molar-refractivity contribution in [3.8, 4) is 28.5 Å². The fourth-order valence-electron chi connectivity index (χ4n) is 4.50. The van der Waals surface area contributed by atoms with Gasteiger partial charge in [-0.3, -0.25) is 0 Å². The van der Waals surface area contributed by atoms with E-state index in [9.17, 15) is 5.11 Å². The second-order valence-electron chi connectivity index (χ2n) is 9.48. The molecule has 0 saturated carbocycles. The molecule has 8 heteroatoms. The van der Waals surface area contributed by atoms with Gasteiger partial charge in [0.05, 0.1) is 17.6 Å². The number of hydrogen-bond acceptors (Lipinski definition) is 7. The molecule has 5 N–H and O–H groups in total. The van der Waals surface area contributed by atoms with Crippen molar-refractivity contribution in [2.24, 2.45) is 0 Å². The number of nitrogens with zero attached hydrogens (tertiary/aromatic N) is 3. The Morgan fingerprint density at radius 1 is 0.878 bits per heavy atom. The molecule has 2 heterocycles. The maximum atomic E-state index is 10.4. The number of benzene rings is 4. The molecule has 0 radical (unpaired) electrons. The SMILES string of the molecule is C=C(Nc1cccc(CNc2cc(-c3ccccc3O)nc3c(N)cnn23)c1)c1cccc(Oc2ccccc2)c1. The number of aromatic hydroxyl groups is 1. The first kappa shape index (κ1) is 25.5. The molecular formula is C33H28N6O2. The molecule has 0 aliphatic heterocycles. The molecule has 0 aliphatic carbocycles. The van der Waals surface area contributed by atoms with Gasteiger partial charge in [-0.15, -0.1) is 0 Å². The van der Waals surface area contributed by atoms with Crippen LogP contribution in [0.1, 0.15) is 11.1 Å². The van der Waals surface area contributed by atoms with Gasteiger partial charge in [0.15, 0.2) is 5.65 Å². The van der Waals surface area contributed by atoms with Crippen molar-refractivity contribution in [2.45, 2.75) is 6.54 Å². The van der Waals surface area contributed by atoms with Crippen LogP contribution in [0, 0.1) is 0 Å². The number of para-hydroxylation sites is 2. The third-order valence-electron chi connectivity index (χ3n) is 6.54. The Morgan fingerprint density at radius 3 is 2.51 bits per heavy atom. The molecule has 6 aromatic rings. The van der Waals surface area contributed by atoms with Gasteiger partial charge in [0, 0.05) is 35.1 Å². The van der Waals surface area contributed by atoms with E-state index in [0.29, 0.717) is 35.0 Å². The van der Waals surface area contributed by atoms with Crippen molar-refractivity contribution in [3.63, 3.8) is 0 Å². The highest BCUT2D eigenvalue weighted by Crippen LogP contribution is 2.31. The fraction of sp³-hybridized carbons (Fsp3) is 0.0303. The molecule has 0 atom stereocenters. The summed E-state index contributed by atoms with van der Waals surface area (Å²) in [5, 5.41) is 21.6. The van der Waals surface area contributed by atoms with Gasteiger partial charge in [-0.1, -0.05) is 61.2 Å². The Labute approximate surface area is 237 Å². The van der Waals surface area contributed by atoms with E-state index in [0.717, 1.165) is 34.0 Å². The summed E-state index contributed by atoms with van der Waals surface area (Å²) < 4.78 is 7.64. The zero-order valence-corrected chi connectivity index (χ0v) is 22.2. The number of anilines is 3. The first-order valence-electron chi connectivity index (χ1n) is 13.1. The minimum Gasteiger partial charge on any atom is -0.507 e. The molecule has 8 nitrogen and oxygen atoms in total. The molecule has 41 heavy (non-hydrogen) atoms. The van der Waals surface area contributed by atoms with Gasteiger partial charge in [0.1, 0.15) is 23.1 Å². The first-order chi connectivity index (χ1) is 20.0. The molecule has 6 rings (SSSR count). The Bertz CT molecular complexity index is 1850. The second kappa shape index (κ2) is 11.2. The molecule has 2 aromatic heterocycles. The zero-order chi connectivity index (χ0) is 28.2. The number of fused-ring (bicyclic) bond motifs is 1. The Hall–Kier alpha value is -5.76. The van der Waals surface area contributed by atoms with Crippen molar-refractivity contribution >= 4 is 28.5 Å². The van der Waals surface area contributed by atoms with Gasteiger partial charge in [0.25, 0.3) is 0 Å². The molecule has 0 spiro atoms. The lowest BCUT2D eigenvalue weighted by Crippen LogP contribution is -2.07. The number of phenolic OH excluding ortho intramolecular Hbond substituents is 1. The molecule has 0 amide bonds. The van der Waals surface area contributed by atoms with Gasteiger partial charge in [-0.05, 0) is 54.1 Å². The van der Waals surface area contributed by atoms with E-state index < -0.39 is 0 Å². The average Bonchev–Trinajstić information content (AvgIpc) is 3.37. The predicted octanol–water partition coefficient (Wildman–Crippen LogP) is 7.17. The minimum atomic E-state index is 0.143. The summed E-state index contributed by atoms with van der Waals surface area (Å²) in [5.41, 5.74) is 11.9. The van der Waals surface area contributed by atoms with Crippen molar-refractivity contribution in [1.82, 2.24) is 14.6 Å². The van der Waals surface area contributed by atoms with Crippen LogP contribution in [0.5, 0.6) is 17.2 Å². The largest absolute Gasteiger partial charge is 0.507 e. The van der Waals surface area contributed by atoms with Crippen LogP contribution in [0.25, 0.3) is 22.6 Å². The Kier molecular flexibility index (Phi) is 6.94. The summed E-state index contributed by atoms with van der Waals surface area (Å²) in [5.74, 6) is 2.36. The van der Waals surface area contributed by atoms with Gasteiger partial charge >= 0.3 is 0 Å². The van der Waals surface area contributed by atoms with Gasteiger partial charge < -0.3 is 26.2 Å². The lowest BCUT2D eigenvalue weighted by atomic mass is 10.1. The van der Waals surface area contributed by atoms with Crippen LogP contribution < -0.4 is 21.1 Å². The summed E-state index contributed by atoms with van der Waals surface area (Å²) in [6, 6.07) is 34.5. The number of aromatic nitrogens is 3. The highest BCUT2D eigenvalue weighted by atomic mass is 16.5. The lowest BCUT2D eigenvalue weighted by Gasteiger charge is -2.14. The van der Waals surface area contributed by atoms with Crippen molar-refractivity contribution in [2.75, 3.05) is 16.4 Å². The highest BCUT2D eigenvalue weighted by Gasteiger charge is 2.13. The summed E-state index contributed by atoms with van der Waals surface area (Å²) in [4.78, 5) is 4.63. The smallest absolute Gasteiger partial charge is 0.181 e. The van der Waals surface area contributed by atoms with E-state index in [1.165, 1.54) is 0 Å². The van der Waals surface area contributed by atoms with E-state index in [1.807, 2.05) is 91.0 Å². The second-order valence-corrected chi connectivity index (χ2v) is 9.48. The number of phenols is 1. The van der Waals surface area contributed by atoms with E-state index in [4.69, 9.17) is 10.5 Å². The van der Waals surface area contributed by atoms with Crippen LogP contribution in [0.15, 0.2) is 122 Å². The lowest BCUT2D eigenvalue weighted by molar-refractivity contribution is 0.477. The predicted molar refractivity (Wildman–Crippen MR) is 164 cm³/mol. The van der Waals surface area contributed by atoms with E-state index in [2.05, 4.69) is 33.4 Å². The molecular weight excluding hydrogens is 512 g/mol. The summed E-state index contributed by atoms with van der Waals surface area (Å²) in [6.45, 7) is 4.76.